The maximum absolute atomic E-state index is 14.8. The van der Waals surface area contributed by atoms with Crippen molar-refractivity contribution in [1.29, 1.82) is 5.26 Å². The van der Waals surface area contributed by atoms with Crippen LogP contribution < -0.4 is 5.32 Å². The number of imidazole rings is 1. The number of carbonyl (C=O) groups is 2. The first kappa shape index (κ1) is 27.1. The molecule has 3 heterocycles. The van der Waals surface area contributed by atoms with E-state index in [0.717, 1.165) is 24.0 Å². The lowest BCUT2D eigenvalue weighted by Gasteiger charge is -2.12. The minimum atomic E-state index is -1.11. The van der Waals surface area contributed by atoms with E-state index in [0.29, 0.717) is 38.3 Å². The number of pyridine rings is 1. The standard InChI is InChI=1S/C29H19Cl2F2N5O2/c1-15-35-28-23(37(15)2)13-17(14-34)25(26(28)31)18-5-4-10-38-21(18)7-8-22(38)29(40)16-11-19(32)27(20(33)12-16)36-24(39)6-3-9-30/h3-8,10-13H,9H2,1-2H3,(H,36,39)/b6-3+. The normalized spacial score (nSPS) is 11.4. The minimum absolute atomic E-state index is 0.0558. The number of nitrogens with zero attached hydrogens (tertiary/aromatic N) is 4. The number of allylic oxidation sites excluding steroid dienone is 1. The Morgan fingerprint density at radius 1 is 1.15 bits per heavy atom. The number of fused-ring (bicyclic) bond motifs is 2. The number of amides is 1. The molecule has 0 fully saturated rings. The quantitative estimate of drug-likeness (QED) is 0.140. The van der Waals surface area contributed by atoms with E-state index in [4.69, 9.17) is 23.2 Å². The molecule has 200 valence electrons. The van der Waals surface area contributed by atoms with Crippen molar-refractivity contribution in [2.24, 2.45) is 7.05 Å². The molecule has 0 aliphatic heterocycles. The Balaban J connectivity index is 1.59. The van der Waals surface area contributed by atoms with Gasteiger partial charge >= 0.3 is 0 Å². The summed E-state index contributed by atoms with van der Waals surface area (Å²) in [5, 5.41) is 12.3. The summed E-state index contributed by atoms with van der Waals surface area (Å²) in [6.45, 7) is 1.83. The summed E-state index contributed by atoms with van der Waals surface area (Å²) in [4.78, 5) is 29.8. The number of alkyl halides is 1. The van der Waals surface area contributed by atoms with Crippen LogP contribution in [-0.2, 0) is 11.8 Å². The first-order valence-electron chi connectivity index (χ1n) is 11.9. The summed E-state index contributed by atoms with van der Waals surface area (Å²) in [6, 6.07) is 12.3. The van der Waals surface area contributed by atoms with Crippen molar-refractivity contribution in [3.05, 3.63) is 100 Å². The molecular weight excluding hydrogens is 559 g/mol. The fourth-order valence-electron chi connectivity index (χ4n) is 4.57. The first-order chi connectivity index (χ1) is 19.2. The molecule has 0 unspecified atom stereocenters. The van der Waals surface area contributed by atoms with E-state index < -0.39 is 29.0 Å². The Morgan fingerprint density at radius 3 is 2.55 bits per heavy atom. The van der Waals surface area contributed by atoms with Gasteiger partial charge in [-0.25, -0.2) is 13.8 Å². The zero-order valence-corrected chi connectivity index (χ0v) is 22.6. The molecule has 1 N–H and O–H groups in total. The number of ketones is 1. The van der Waals surface area contributed by atoms with Crippen LogP contribution in [0.2, 0.25) is 5.02 Å². The zero-order chi connectivity index (χ0) is 28.7. The van der Waals surface area contributed by atoms with E-state index in [1.54, 1.807) is 34.9 Å². The summed E-state index contributed by atoms with van der Waals surface area (Å²) in [5.41, 5.74) is 2.35. The van der Waals surface area contributed by atoms with Crippen LogP contribution in [0.5, 0.6) is 0 Å². The molecule has 5 rings (SSSR count). The number of rotatable bonds is 6. The molecule has 0 radical (unpaired) electrons. The summed E-state index contributed by atoms with van der Waals surface area (Å²) in [5.74, 6) is -2.86. The van der Waals surface area contributed by atoms with Gasteiger partial charge in [-0.05, 0) is 43.3 Å². The maximum atomic E-state index is 14.8. The van der Waals surface area contributed by atoms with Gasteiger partial charge in [0.25, 0.3) is 0 Å². The van der Waals surface area contributed by atoms with Crippen molar-refractivity contribution in [3.63, 3.8) is 0 Å². The molecule has 11 heteroatoms. The Labute approximate surface area is 236 Å². The van der Waals surface area contributed by atoms with Crippen LogP contribution in [0.4, 0.5) is 14.5 Å². The predicted molar refractivity (Wildman–Crippen MR) is 150 cm³/mol. The van der Waals surface area contributed by atoms with Crippen LogP contribution in [0.25, 0.3) is 27.7 Å². The number of hydrogen-bond donors (Lipinski definition) is 1. The third kappa shape index (κ3) is 4.51. The van der Waals surface area contributed by atoms with Crippen molar-refractivity contribution in [3.8, 4) is 17.2 Å². The highest BCUT2D eigenvalue weighted by atomic mass is 35.5. The number of nitriles is 1. The third-order valence-electron chi connectivity index (χ3n) is 6.57. The second-order valence-electron chi connectivity index (χ2n) is 8.90. The zero-order valence-electron chi connectivity index (χ0n) is 21.1. The number of nitrogens with one attached hydrogen (secondary N) is 1. The largest absolute Gasteiger partial charge is 0.331 e. The van der Waals surface area contributed by atoms with Crippen molar-refractivity contribution in [2.75, 3.05) is 11.2 Å². The predicted octanol–water partition coefficient (Wildman–Crippen LogP) is 6.57. The molecular formula is C29H19Cl2F2N5O2. The average Bonchev–Trinajstić information content (AvgIpc) is 3.50. The van der Waals surface area contributed by atoms with Crippen LogP contribution >= 0.6 is 23.2 Å². The van der Waals surface area contributed by atoms with E-state index >= 15 is 0 Å². The Kier molecular flexibility index (Phi) is 7.15. The van der Waals surface area contributed by atoms with Crippen molar-refractivity contribution < 1.29 is 18.4 Å². The molecule has 0 saturated carbocycles. The van der Waals surface area contributed by atoms with Gasteiger partial charge in [0, 0.05) is 41.9 Å². The smallest absolute Gasteiger partial charge is 0.248 e. The second-order valence-corrected chi connectivity index (χ2v) is 9.58. The lowest BCUT2D eigenvalue weighted by Crippen LogP contribution is -2.13. The molecule has 0 saturated heterocycles. The van der Waals surface area contributed by atoms with Gasteiger partial charge < -0.3 is 14.3 Å². The summed E-state index contributed by atoms with van der Waals surface area (Å²) < 4.78 is 32.9. The molecule has 0 aliphatic carbocycles. The molecule has 3 aromatic heterocycles. The lowest BCUT2D eigenvalue weighted by atomic mass is 9.99. The van der Waals surface area contributed by atoms with Gasteiger partial charge in [-0.2, -0.15) is 5.26 Å². The third-order valence-corrected chi connectivity index (χ3v) is 7.11. The van der Waals surface area contributed by atoms with Crippen LogP contribution in [0.15, 0.2) is 60.8 Å². The highest BCUT2D eigenvalue weighted by molar-refractivity contribution is 6.38. The lowest BCUT2D eigenvalue weighted by molar-refractivity contribution is -0.112. The molecule has 1 amide bonds. The Bertz CT molecular complexity index is 1910. The number of benzene rings is 2. The van der Waals surface area contributed by atoms with Crippen molar-refractivity contribution in [2.45, 2.75) is 6.92 Å². The average molecular weight is 578 g/mol. The second kappa shape index (κ2) is 10.6. The number of halogens is 4. The summed E-state index contributed by atoms with van der Waals surface area (Å²) in [6.07, 6.45) is 3.99. The Morgan fingerprint density at radius 2 is 1.88 bits per heavy atom. The monoisotopic (exact) mass is 577 g/mol. The van der Waals surface area contributed by atoms with E-state index in [-0.39, 0.29) is 17.1 Å². The molecule has 5 aromatic rings. The fourth-order valence-corrected chi connectivity index (χ4v) is 5.01. The van der Waals surface area contributed by atoms with E-state index in [1.165, 1.54) is 12.1 Å². The summed E-state index contributed by atoms with van der Waals surface area (Å²) in [7, 11) is 1.83. The molecule has 7 nitrogen and oxygen atoms in total. The highest BCUT2D eigenvalue weighted by Crippen LogP contribution is 2.39. The van der Waals surface area contributed by atoms with Gasteiger partial charge in [-0.1, -0.05) is 23.7 Å². The number of carbonyl (C=O) groups excluding carboxylic acids is 2. The topological polar surface area (TPSA) is 92.2 Å². The van der Waals surface area contributed by atoms with E-state index in [9.17, 15) is 23.6 Å². The van der Waals surface area contributed by atoms with Gasteiger partial charge in [-0.15, -0.1) is 11.6 Å². The van der Waals surface area contributed by atoms with Gasteiger partial charge in [0.15, 0.2) is 0 Å². The molecule has 0 atom stereocenters. The van der Waals surface area contributed by atoms with Crippen LogP contribution in [0, 0.1) is 29.9 Å². The molecule has 0 spiro atoms. The number of aryl methyl sites for hydroxylation is 2. The van der Waals surface area contributed by atoms with Gasteiger partial charge in [-0.3, -0.25) is 9.59 Å². The van der Waals surface area contributed by atoms with Crippen molar-refractivity contribution >= 4 is 57.1 Å². The number of hydrogen-bond acceptors (Lipinski definition) is 4. The van der Waals surface area contributed by atoms with Crippen LogP contribution in [-0.4, -0.2) is 31.5 Å². The molecule has 0 bridgehead atoms. The van der Waals surface area contributed by atoms with Gasteiger partial charge in [0.05, 0.1) is 33.4 Å². The molecule has 40 heavy (non-hydrogen) atoms. The van der Waals surface area contributed by atoms with Crippen LogP contribution in [0.1, 0.15) is 27.4 Å². The minimum Gasteiger partial charge on any atom is -0.331 e. The maximum Gasteiger partial charge on any atom is 0.248 e. The van der Waals surface area contributed by atoms with Gasteiger partial charge in [0.1, 0.15) is 28.7 Å². The fraction of sp³-hybridized carbons (Fsp3) is 0.103. The van der Waals surface area contributed by atoms with Crippen LogP contribution in [0.3, 0.4) is 0 Å². The number of aromatic nitrogens is 3. The van der Waals surface area contributed by atoms with Crippen molar-refractivity contribution in [1.82, 2.24) is 14.0 Å². The highest BCUT2D eigenvalue weighted by Gasteiger charge is 2.23. The Hall–Kier alpha value is -4.52. The SMILES string of the molecule is Cc1nc2c(Cl)c(-c3cccn4c(C(=O)c5cc(F)c(NC(=O)/C=C/CCl)c(F)c5)ccc34)c(C#N)cc2n1C. The molecule has 2 aromatic carbocycles. The first-order valence-corrected chi connectivity index (χ1v) is 12.8. The summed E-state index contributed by atoms with van der Waals surface area (Å²) >= 11 is 12.3. The molecule has 0 aliphatic rings. The number of anilines is 1. The van der Waals surface area contributed by atoms with Gasteiger partial charge in [0.2, 0.25) is 11.7 Å². The van der Waals surface area contributed by atoms with E-state index in [1.807, 2.05) is 18.5 Å². The van der Waals surface area contributed by atoms with E-state index in [2.05, 4.69) is 16.4 Å².